The van der Waals surface area contributed by atoms with Crippen molar-refractivity contribution in [2.24, 2.45) is 0 Å². The maximum absolute atomic E-state index is 13.6. The third-order valence-corrected chi connectivity index (χ3v) is 6.45. The van der Waals surface area contributed by atoms with E-state index in [4.69, 9.17) is 16.3 Å². The lowest BCUT2D eigenvalue weighted by Gasteiger charge is -2.23. The van der Waals surface area contributed by atoms with Crippen LogP contribution in [0.2, 0.25) is 5.02 Å². The van der Waals surface area contributed by atoms with Crippen LogP contribution in [0.3, 0.4) is 0 Å². The van der Waals surface area contributed by atoms with E-state index < -0.39 is 5.92 Å². The molecule has 1 aliphatic heterocycles. The Morgan fingerprint density at radius 3 is 2.53 bits per heavy atom. The van der Waals surface area contributed by atoms with Gasteiger partial charge in [0.25, 0.3) is 11.8 Å². The van der Waals surface area contributed by atoms with Crippen LogP contribution in [0.4, 0.5) is 31.9 Å². The number of hydrogen-bond donors (Lipinski definition) is 3. The summed E-state index contributed by atoms with van der Waals surface area (Å²) in [7, 11) is 1.57. The smallest absolute Gasteiger partial charge is 0.257 e. The standard InChI is InChI=1S/C27H31ClF2N6O2/c1-4-31-25(37)19-7-5-6-8-21(19)33-24-20(28)15-32-26(35-24)34-22-13-17-9-11-36(16-27(2,29)30)12-10-18(17)14-23(22)38-3/h5-8,13-15H,4,9-12,16H2,1-3H3,(H,31,37)(H2,32,33,34,35). The van der Waals surface area contributed by atoms with Gasteiger partial charge in [0.2, 0.25) is 5.95 Å². The molecule has 0 atom stereocenters. The molecule has 11 heteroatoms. The molecule has 0 bridgehead atoms. The molecule has 38 heavy (non-hydrogen) atoms. The molecule has 0 radical (unpaired) electrons. The Hall–Kier alpha value is -3.50. The number of amides is 1. The third kappa shape index (κ3) is 6.87. The summed E-state index contributed by atoms with van der Waals surface area (Å²) in [5, 5.41) is 9.40. The highest BCUT2D eigenvalue weighted by Gasteiger charge is 2.27. The summed E-state index contributed by atoms with van der Waals surface area (Å²) in [6, 6.07) is 11.0. The predicted octanol–water partition coefficient (Wildman–Crippen LogP) is 5.43. The molecule has 0 saturated heterocycles. The van der Waals surface area contributed by atoms with E-state index >= 15 is 0 Å². The molecular weight excluding hydrogens is 514 g/mol. The Kier molecular flexibility index (Phi) is 8.63. The SMILES string of the molecule is CCNC(=O)c1ccccc1Nc1nc(Nc2cc3c(cc2OC)CCN(CC(C)(F)F)CC3)ncc1Cl. The highest BCUT2D eigenvalue weighted by molar-refractivity contribution is 6.33. The van der Waals surface area contributed by atoms with Gasteiger partial charge in [0, 0.05) is 26.6 Å². The molecule has 1 amide bonds. The van der Waals surface area contributed by atoms with Crippen molar-refractivity contribution in [3.05, 3.63) is 64.3 Å². The number of para-hydroxylation sites is 1. The number of aromatic nitrogens is 2. The summed E-state index contributed by atoms with van der Waals surface area (Å²) >= 11 is 6.37. The zero-order valence-electron chi connectivity index (χ0n) is 21.6. The van der Waals surface area contributed by atoms with Crippen LogP contribution < -0.4 is 20.7 Å². The van der Waals surface area contributed by atoms with E-state index in [2.05, 4.69) is 25.9 Å². The Labute approximate surface area is 225 Å². The Bertz CT molecular complexity index is 1300. The van der Waals surface area contributed by atoms with Gasteiger partial charge in [-0.1, -0.05) is 23.7 Å². The second-order valence-electron chi connectivity index (χ2n) is 9.21. The fraction of sp³-hybridized carbons (Fsp3) is 0.370. The van der Waals surface area contributed by atoms with Gasteiger partial charge in [0.15, 0.2) is 5.82 Å². The lowest BCUT2D eigenvalue weighted by molar-refractivity contribution is -0.0133. The van der Waals surface area contributed by atoms with Gasteiger partial charge in [-0.15, -0.1) is 0 Å². The van der Waals surface area contributed by atoms with Gasteiger partial charge in [0.1, 0.15) is 10.8 Å². The number of methoxy groups -OCH3 is 1. The number of ether oxygens (including phenoxy) is 1. The fourth-order valence-electron chi connectivity index (χ4n) is 4.43. The van der Waals surface area contributed by atoms with Crippen LogP contribution in [0.5, 0.6) is 5.75 Å². The van der Waals surface area contributed by atoms with Crippen molar-refractivity contribution in [2.45, 2.75) is 32.6 Å². The minimum atomic E-state index is -2.74. The van der Waals surface area contributed by atoms with Gasteiger partial charge in [-0.3, -0.25) is 9.69 Å². The van der Waals surface area contributed by atoms with E-state index in [1.165, 1.54) is 6.20 Å². The molecule has 2 heterocycles. The number of alkyl halides is 2. The van der Waals surface area contributed by atoms with Crippen molar-refractivity contribution in [3.63, 3.8) is 0 Å². The van der Waals surface area contributed by atoms with Crippen LogP contribution in [0, 0.1) is 0 Å². The van der Waals surface area contributed by atoms with Crippen LogP contribution in [0.25, 0.3) is 0 Å². The maximum atomic E-state index is 13.6. The van der Waals surface area contributed by atoms with Crippen molar-refractivity contribution in [2.75, 3.05) is 43.9 Å². The zero-order valence-corrected chi connectivity index (χ0v) is 22.3. The van der Waals surface area contributed by atoms with Gasteiger partial charge < -0.3 is 20.7 Å². The molecule has 202 valence electrons. The average molecular weight is 545 g/mol. The number of halogens is 3. The van der Waals surface area contributed by atoms with E-state index in [0.29, 0.717) is 61.0 Å². The van der Waals surface area contributed by atoms with Gasteiger partial charge in [-0.25, -0.2) is 13.8 Å². The van der Waals surface area contributed by atoms with Crippen molar-refractivity contribution < 1.29 is 18.3 Å². The van der Waals surface area contributed by atoms with Crippen molar-refractivity contribution in [3.8, 4) is 5.75 Å². The number of fused-ring (bicyclic) bond motifs is 1. The number of rotatable bonds is 9. The number of nitrogens with one attached hydrogen (secondary N) is 3. The molecule has 0 spiro atoms. The fourth-order valence-corrected chi connectivity index (χ4v) is 4.57. The van der Waals surface area contributed by atoms with E-state index in [0.717, 1.165) is 18.1 Å². The van der Waals surface area contributed by atoms with E-state index in [9.17, 15) is 13.6 Å². The normalized spacial score (nSPS) is 13.8. The largest absolute Gasteiger partial charge is 0.495 e. The molecule has 3 N–H and O–H groups in total. The first-order valence-corrected chi connectivity index (χ1v) is 12.8. The molecule has 2 aromatic carbocycles. The first kappa shape index (κ1) is 27.5. The minimum absolute atomic E-state index is 0.213. The number of carbonyl (C=O) groups is 1. The summed E-state index contributed by atoms with van der Waals surface area (Å²) in [6.45, 7) is 4.13. The first-order valence-electron chi connectivity index (χ1n) is 12.4. The summed E-state index contributed by atoms with van der Waals surface area (Å²) in [4.78, 5) is 23.1. The van der Waals surface area contributed by atoms with E-state index in [1.807, 2.05) is 25.1 Å². The quantitative estimate of drug-likeness (QED) is 0.331. The molecule has 0 aliphatic carbocycles. The Morgan fingerprint density at radius 2 is 1.84 bits per heavy atom. The number of benzene rings is 2. The molecule has 4 rings (SSSR count). The van der Waals surface area contributed by atoms with Crippen molar-refractivity contribution in [1.82, 2.24) is 20.2 Å². The summed E-state index contributed by atoms with van der Waals surface area (Å²) in [5.74, 6) is -1.76. The van der Waals surface area contributed by atoms with Crippen LogP contribution >= 0.6 is 11.6 Å². The lowest BCUT2D eigenvalue weighted by Crippen LogP contribution is -2.36. The number of hydrogen-bond acceptors (Lipinski definition) is 7. The maximum Gasteiger partial charge on any atom is 0.257 e. The highest BCUT2D eigenvalue weighted by atomic mass is 35.5. The molecule has 8 nitrogen and oxygen atoms in total. The van der Waals surface area contributed by atoms with Crippen LogP contribution in [0.15, 0.2) is 42.6 Å². The molecule has 0 fully saturated rings. The van der Waals surface area contributed by atoms with Gasteiger partial charge in [-0.05, 0) is 55.2 Å². The number of carbonyl (C=O) groups excluding carboxylic acids is 1. The lowest BCUT2D eigenvalue weighted by atomic mass is 10.0. The van der Waals surface area contributed by atoms with Crippen molar-refractivity contribution in [1.29, 1.82) is 0 Å². The van der Waals surface area contributed by atoms with E-state index in [-0.39, 0.29) is 23.4 Å². The predicted molar refractivity (Wildman–Crippen MR) is 146 cm³/mol. The van der Waals surface area contributed by atoms with Crippen LogP contribution in [0.1, 0.15) is 35.3 Å². The Balaban J connectivity index is 1.57. The van der Waals surface area contributed by atoms with Gasteiger partial charge in [-0.2, -0.15) is 4.98 Å². The second kappa shape index (κ2) is 11.9. The van der Waals surface area contributed by atoms with E-state index in [1.54, 1.807) is 30.2 Å². The molecular formula is C27H31ClF2N6O2. The minimum Gasteiger partial charge on any atom is -0.495 e. The number of anilines is 4. The summed E-state index contributed by atoms with van der Waals surface area (Å²) in [6.07, 6.45) is 2.75. The van der Waals surface area contributed by atoms with Gasteiger partial charge >= 0.3 is 0 Å². The average Bonchev–Trinajstić information content (AvgIpc) is 3.06. The summed E-state index contributed by atoms with van der Waals surface area (Å²) < 4.78 is 32.7. The third-order valence-electron chi connectivity index (χ3n) is 6.17. The molecule has 1 aliphatic rings. The first-order chi connectivity index (χ1) is 18.2. The molecule has 1 aromatic heterocycles. The molecule has 3 aromatic rings. The topological polar surface area (TPSA) is 91.4 Å². The zero-order chi connectivity index (χ0) is 27.3. The summed E-state index contributed by atoms with van der Waals surface area (Å²) in [5.41, 5.74) is 3.78. The molecule has 0 saturated carbocycles. The van der Waals surface area contributed by atoms with Crippen molar-refractivity contribution >= 4 is 40.6 Å². The molecule has 0 unspecified atom stereocenters. The second-order valence-corrected chi connectivity index (χ2v) is 9.62. The Morgan fingerprint density at radius 1 is 1.13 bits per heavy atom. The van der Waals surface area contributed by atoms with Crippen LogP contribution in [-0.2, 0) is 12.8 Å². The monoisotopic (exact) mass is 544 g/mol. The number of nitrogens with zero attached hydrogens (tertiary/aromatic N) is 3. The highest BCUT2D eigenvalue weighted by Crippen LogP contribution is 2.33. The van der Waals surface area contributed by atoms with Crippen LogP contribution in [-0.4, -0.2) is 60.0 Å². The van der Waals surface area contributed by atoms with Gasteiger partial charge in [0.05, 0.1) is 36.8 Å².